The van der Waals surface area contributed by atoms with Crippen LogP contribution in [0.4, 0.5) is 5.69 Å². The largest absolute Gasteiger partial charge is 0.396 e. The zero-order chi connectivity index (χ0) is 19.6. The lowest BCUT2D eigenvalue weighted by atomic mass is 9.97. The first-order valence-electron chi connectivity index (χ1n) is 9.19. The summed E-state index contributed by atoms with van der Waals surface area (Å²) in [6.07, 6.45) is 2.36. The van der Waals surface area contributed by atoms with Gasteiger partial charge in [0.15, 0.2) is 0 Å². The number of imide groups is 1. The molecule has 2 amide bonds. The van der Waals surface area contributed by atoms with Crippen LogP contribution in [0.1, 0.15) is 31.7 Å². The number of hydrogen-bond donors (Lipinski definition) is 1. The Hall–Kier alpha value is -2.74. The van der Waals surface area contributed by atoms with E-state index in [2.05, 4.69) is 0 Å². The van der Waals surface area contributed by atoms with Crippen LogP contribution in [0.3, 0.4) is 0 Å². The van der Waals surface area contributed by atoms with Crippen molar-refractivity contribution in [1.82, 2.24) is 9.80 Å². The average Bonchev–Trinajstić information content (AvgIpc) is 2.93. The van der Waals surface area contributed by atoms with Crippen molar-refractivity contribution in [2.45, 2.75) is 26.2 Å². The second-order valence-corrected chi connectivity index (χ2v) is 6.93. The maximum Gasteiger partial charge on any atom is 0.277 e. The summed E-state index contributed by atoms with van der Waals surface area (Å²) in [6, 6.07) is 5.71. The van der Waals surface area contributed by atoms with Crippen molar-refractivity contribution >= 4 is 23.1 Å². The van der Waals surface area contributed by atoms with Crippen molar-refractivity contribution in [3.63, 3.8) is 0 Å². The summed E-state index contributed by atoms with van der Waals surface area (Å²) in [6.45, 7) is 3.42. The second-order valence-electron chi connectivity index (χ2n) is 6.93. The fourth-order valence-electron chi connectivity index (χ4n) is 3.71. The standard InChI is InChI=1S/C19H23N3O5/c1-2-9-21-18(24)16(14-5-7-15(8-6-14)22(26)27)17(19(21)25)20-10-3-4-13(11-20)12-23/h5-8,13,23H,2-4,9-12H2,1H3. The second kappa shape index (κ2) is 7.87. The fourth-order valence-corrected chi connectivity index (χ4v) is 3.71. The number of nitro groups is 1. The topological polar surface area (TPSA) is 104 Å². The summed E-state index contributed by atoms with van der Waals surface area (Å²) in [7, 11) is 0. The number of nitrogens with zero attached hydrogens (tertiary/aromatic N) is 3. The van der Waals surface area contributed by atoms with Crippen LogP contribution in [0.5, 0.6) is 0 Å². The van der Waals surface area contributed by atoms with Gasteiger partial charge in [-0.15, -0.1) is 0 Å². The predicted molar refractivity (Wildman–Crippen MR) is 98.4 cm³/mol. The van der Waals surface area contributed by atoms with Gasteiger partial charge in [-0.05, 0) is 42.9 Å². The number of amides is 2. The van der Waals surface area contributed by atoms with Gasteiger partial charge >= 0.3 is 0 Å². The molecule has 1 saturated heterocycles. The Bertz CT molecular complexity index is 787. The van der Waals surface area contributed by atoms with Gasteiger partial charge in [-0.3, -0.25) is 24.6 Å². The predicted octanol–water partition coefficient (Wildman–Crippen LogP) is 1.79. The maximum atomic E-state index is 13.0. The van der Waals surface area contributed by atoms with Crippen LogP contribution in [0.2, 0.25) is 0 Å². The van der Waals surface area contributed by atoms with Crippen LogP contribution in [-0.2, 0) is 9.59 Å². The lowest BCUT2D eigenvalue weighted by Crippen LogP contribution is -2.40. The lowest BCUT2D eigenvalue weighted by molar-refractivity contribution is -0.384. The molecule has 8 nitrogen and oxygen atoms in total. The van der Waals surface area contributed by atoms with E-state index in [0.717, 1.165) is 12.8 Å². The van der Waals surface area contributed by atoms with Gasteiger partial charge in [-0.2, -0.15) is 0 Å². The maximum absolute atomic E-state index is 13.0. The highest BCUT2D eigenvalue weighted by Crippen LogP contribution is 2.34. The molecule has 0 aliphatic carbocycles. The number of likely N-dealkylation sites (tertiary alicyclic amines) is 1. The summed E-state index contributed by atoms with van der Waals surface area (Å²) >= 11 is 0. The van der Waals surface area contributed by atoms with Crippen molar-refractivity contribution in [2.24, 2.45) is 5.92 Å². The molecule has 2 aliphatic heterocycles. The minimum absolute atomic E-state index is 0.0391. The smallest absolute Gasteiger partial charge is 0.277 e. The highest BCUT2D eigenvalue weighted by atomic mass is 16.6. The number of carbonyl (C=O) groups is 2. The van der Waals surface area contributed by atoms with Crippen molar-refractivity contribution in [3.8, 4) is 0 Å². The number of rotatable bonds is 6. The molecule has 1 fully saturated rings. The number of benzene rings is 1. The molecule has 3 rings (SSSR count). The normalized spacial score (nSPS) is 20.6. The number of nitro benzene ring substituents is 1. The molecule has 2 heterocycles. The summed E-state index contributed by atoms with van der Waals surface area (Å²) < 4.78 is 0. The Morgan fingerprint density at radius 3 is 2.52 bits per heavy atom. The molecule has 0 aromatic heterocycles. The third-order valence-electron chi connectivity index (χ3n) is 5.05. The molecule has 1 aromatic rings. The molecule has 1 atom stereocenters. The highest BCUT2D eigenvalue weighted by molar-refractivity contribution is 6.35. The minimum atomic E-state index is -0.499. The van der Waals surface area contributed by atoms with Gasteiger partial charge in [0.1, 0.15) is 5.70 Å². The monoisotopic (exact) mass is 373 g/mol. The Morgan fingerprint density at radius 1 is 1.22 bits per heavy atom. The molecule has 0 spiro atoms. The molecule has 1 unspecified atom stereocenters. The summed E-state index contributed by atoms with van der Waals surface area (Å²) in [5, 5.41) is 20.4. The van der Waals surface area contributed by atoms with Crippen LogP contribution < -0.4 is 0 Å². The third kappa shape index (κ3) is 3.57. The van der Waals surface area contributed by atoms with E-state index in [1.165, 1.54) is 29.2 Å². The Labute approximate surface area is 157 Å². The first-order valence-corrected chi connectivity index (χ1v) is 9.19. The molecule has 27 heavy (non-hydrogen) atoms. The van der Waals surface area contributed by atoms with Crippen LogP contribution in [0.25, 0.3) is 5.57 Å². The van der Waals surface area contributed by atoms with Crippen molar-refractivity contribution in [2.75, 3.05) is 26.2 Å². The van der Waals surface area contributed by atoms with Crippen LogP contribution in [-0.4, -0.2) is 57.9 Å². The van der Waals surface area contributed by atoms with Gasteiger partial charge < -0.3 is 10.0 Å². The Morgan fingerprint density at radius 2 is 1.93 bits per heavy atom. The quantitative estimate of drug-likeness (QED) is 0.463. The molecule has 1 N–H and O–H groups in total. The van der Waals surface area contributed by atoms with E-state index in [1.807, 2.05) is 11.8 Å². The van der Waals surface area contributed by atoms with Crippen molar-refractivity contribution in [1.29, 1.82) is 0 Å². The number of carbonyl (C=O) groups excluding carboxylic acids is 2. The van der Waals surface area contributed by atoms with Crippen molar-refractivity contribution in [3.05, 3.63) is 45.6 Å². The molecule has 0 bridgehead atoms. The molecular weight excluding hydrogens is 350 g/mol. The first-order chi connectivity index (χ1) is 13.0. The number of hydrogen-bond acceptors (Lipinski definition) is 6. The number of non-ortho nitro benzene ring substituents is 1. The van der Waals surface area contributed by atoms with Crippen LogP contribution in [0.15, 0.2) is 30.0 Å². The van der Waals surface area contributed by atoms with E-state index >= 15 is 0 Å². The van der Waals surface area contributed by atoms with Crippen molar-refractivity contribution < 1.29 is 19.6 Å². The first kappa shape index (κ1) is 19.0. The van der Waals surface area contributed by atoms with Gasteiger partial charge in [0.25, 0.3) is 17.5 Å². The molecule has 0 radical (unpaired) electrons. The van der Waals surface area contributed by atoms with Crippen LogP contribution >= 0.6 is 0 Å². The van der Waals surface area contributed by atoms with Gasteiger partial charge in [0.05, 0.1) is 10.5 Å². The third-order valence-corrected chi connectivity index (χ3v) is 5.05. The molecule has 1 aromatic carbocycles. The molecule has 8 heteroatoms. The Kier molecular flexibility index (Phi) is 5.55. The zero-order valence-corrected chi connectivity index (χ0v) is 15.3. The Balaban J connectivity index is 2.04. The zero-order valence-electron chi connectivity index (χ0n) is 15.3. The number of aliphatic hydroxyl groups excluding tert-OH is 1. The molecular formula is C19H23N3O5. The highest BCUT2D eigenvalue weighted by Gasteiger charge is 2.42. The SMILES string of the molecule is CCCN1C(=O)C(c2ccc([N+](=O)[O-])cc2)=C(N2CCCC(CO)C2)C1=O. The summed E-state index contributed by atoms with van der Waals surface area (Å²) in [5.41, 5.74) is 1.07. The lowest BCUT2D eigenvalue weighted by Gasteiger charge is -2.34. The van der Waals surface area contributed by atoms with E-state index in [1.54, 1.807) is 0 Å². The molecule has 2 aliphatic rings. The minimum Gasteiger partial charge on any atom is -0.396 e. The van der Waals surface area contributed by atoms with E-state index in [9.17, 15) is 24.8 Å². The summed E-state index contributed by atoms with van der Waals surface area (Å²) in [4.78, 5) is 39.5. The van der Waals surface area contributed by atoms with E-state index in [4.69, 9.17) is 0 Å². The molecule has 144 valence electrons. The fraction of sp³-hybridized carbons (Fsp3) is 0.474. The number of aliphatic hydroxyl groups is 1. The van der Waals surface area contributed by atoms with Crippen LogP contribution in [0, 0.1) is 16.0 Å². The number of piperidine rings is 1. The average molecular weight is 373 g/mol. The van der Waals surface area contributed by atoms with E-state index in [-0.39, 0.29) is 30.0 Å². The van der Waals surface area contributed by atoms with E-state index in [0.29, 0.717) is 42.9 Å². The van der Waals surface area contributed by atoms with E-state index < -0.39 is 4.92 Å². The van der Waals surface area contributed by atoms with Gasteiger partial charge in [0, 0.05) is 38.4 Å². The van der Waals surface area contributed by atoms with Gasteiger partial charge in [0.2, 0.25) is 0 Å². The van der Waals surface area contributed by atoms with Gasteiger partial charge in [-0.25, -0.2) is 0 Å². The van der Waals surface area contributed by atoms with Gasteiger partial charge in [-0.1, -0.05) is 6.92 Å². The summed E-state index contributed by atoms with van der Waals surface area (Å²) in [5.74, 6) is -0.627. The molecule has 0 saturated carbocycles.